The van der Waals surface area contributed by atoms with Crippen LogP contribution in [0, 0.1) is 11.3 Å². The summed E-state index contributed by atoms with van der Waals surface area (Å²) in [7, 11) is 0. The van der Waals surface area contributed by atoms with E-state index >= 15 is 0 Å². The van der Waals surface area contributed by atoms with Crippen LogP contribution < -0.4 is 5.73 Å². The van der Waals surface area contributed by atoms with Crippen molar-refractivity contribution in [2.24, 2.45) is 5.73 Å². The minimum absolute atomic E-state index is 0.263. The van der Waals surface area contributed by atoms with Crippen LogP contribution in [0.1, 0.15) is 38.5 Å². The third-order valence-electron chi connectivity index (χ3n) is 2.42. The van der Waals surface area contributed by atoms with E-state index in [2.05, 4.69) is 6.07 Å². The summed E-state index contributed by atoms with van der Waals surface area (Å²) in [5.74, 6) is 0. The van der Waals surface area contributed by atoms with Gasteiger partial charge in [-0.15, -0.1) is 0 Å². The van der Waals surface area contributed by atoms with Gasteiger partial charge in [-0.2, -0.15) is 5.26 Å². The van der Waals surface area contributed by atoms with Gasteiger partial charge in [0.15, 0.2) is 0 Å². The van der Waals surface area contributed by atoms with Crippen molar-refractivity contribution >= 4 is 17.2 Å². The van der Waals surface area contributed by atoms with Crippen LogP contribution in [0.2, 0.25) is 0 Å². The van der Waals surface area contributed by atoms with Gasteiger partial charge in [0, 0.05) is 0 Å². The minimum atomic E-state index is 0.263. The second-order valence-electron chi connectivity index (χ2n) is 3.37. The van der Waals surface area contributed by atoms with E-state index in [0.29, 0.717) is 5.57 Å². The van der Waals surface area contributed by atoms with Crippen molar-refractivity contribution in [3.63, 3.8) is 0 Å². The lowest BCUT2D eigenvalue weighted by molar-refractivity contribution is 0.702. The number of rotatable bonds is 1. The van der Waals surface area contributed by atoms with Crippen LogP contribution in [0.15, 0.2) is 11.1 Å². The zero-order chi connectivity index (χ0) is 9.68. The highest BCUT2D eigenvalue weighted by Gasteiger charge is 2.11. The maximum absolute atomic E-state index is 8.87. The summed E-state index contributed by atoms with van der Waals surface area (Å²) >= 11 is 4.84. The average molecular weight is 194 g/mol. The number of hydrogen-bond acceptors (Lipinski definition) is 2. The van der Waals surface area contributed by atoms with Crippen molar-refractivity contribution < 1.29 is 0 Å². The van der Waals surface area contributed by atoms with Crippen LogP contribution in [-0.4, -0.2) is 4.99 Å². The molecular weight excluding hydrogens is 180 g/mol. The van der Waals surface area contributed by atoms with Crippen molar-refractivity contribution in [3.8, 4) is 6.07 Å². The highest BCUT2D eigenvalue weighted by atomic mass is 32.1. The third kappa shape index (κ3) is 2.82. The molecule has 0 aliphatic heterocycles. The molecule has 70 valence electrons. The summed E-state index contributed by atoms with van der Waals surface area (Å²) < 4.78 is 0. The molecule has 0 saturated heterocycles. The summed E-state index contributed by atoms with van der Waals surface area (Å²) in [6.45, 7) is 0. The maximum atomic E-state index is 8.87. The molecule has 1 aliphatic carbocycles. The number of thiocarbonyl (C=S) groups is 1. The van der Waals surface area contributed by atoms with Crippen LogP contribution in [0.4, 0.5) is 0 Å². The van der Waals surface area contributed by atoms with E-state index in [4.69, 9.17) is 23.2 Å². The van der Waals surface area contributed by atoms with E-state index in [0.717, 1.165) is 12.8 Å². The number of nitriles is 1. The molecule has 2 nitrogen and oxygen atoms in total. The SMILES string of the molecule is N#CC(C(N)=S)=C1CCCCCC1. The molecule has 0 spiro atoms. The molecule has 0 bridgehead atoms. The monoisotopic (exact) mass is 194 g/mol. The van der Waals surface area contributed by atoms with Crippen molar-refractivity contribution in [1.82, 2.24) is 0 Å². The molecule has 0 aromatic heterocycles. The minimum Gasteiger partial charge on any atom is -0.389 e. The molecule has 0 radical (unpaired) electrons. The molecule has 1 fully saturated rings. The molecule has 1 saturated carbocycles. The first-order valence-corrected chi connectivity index (χ1v) is 5.08. The Morgan fingerprint density at radius 2 is 1.77 bits per heavy atom. The molecule has 1 aliphatic rings. The fraction of sp³-hybridized carbons (Fsp3) is 0.600. The first-order chi connectivity index (χ1) is 6.25. The standard InChI is InChI=1S/C10H14N2S/c11-7-9(10(12)13)8-5-3-1-2-4-6-8/h1-6H2,(H2,12,13). The summed E-state index contributed by atoms with van der Waals surface area (Å²) in [6.07, 6.45) is 6.87. The maximum Gasteiger partial charge on any atom is 0.114 e. The zero-order valence-electron chi connectivity index (χ0n) is 7.68. The van der Waals surface area contributed by atoms with Gasteiger partial charge >= 0.3 is 0 Å². The van der Waals surface area contributed by atoms with Crippen molar-refractivity contribution in [2.45, 2.75) is 38.5 Å². The van der Waals surface area contributed by atoms with Gasteiger partial charge < -0.3 is 5.73 Å². The molecule has 1 rings (SSSR count). The fourth-order valence-electron chi connectivity index (χ4n) is 1.71. The highest BCUT2D eigenvalue weighted by Crippen LogP contribution is 2.24. The van der Waals surface area contributed by atoms with E-state index in [1.807, 2.05) is 0 Å². The van der Waals surface area contributed by atoms with Crippen molar-refractivity contribution in [2.75, 3.05) is 0 Å². The second-order valence-corrected chi connectivity index (χ2v) is 3.81. The largest absolute Gasteiger partial charge is 0.389 e. The lowest BCUT2D eigenvalue weighted by Gasteiger charge is -2.05. The summed E-state index contributed by atoms with van der Waals surface area (Å²) in [4.78, 5) is 0.263. The van der Waals surface area contributed by atoms with E-state index in [-0.39, 0.29) is 4.99 Å². The van der Waals surface area contributed by atoms with Crippen molar-refractivity contribution in [1.29, 1.82) is 5.26 Å². The third-order valence-corrected chi connectivity index (χ3v) is 2.62. The van der Waals surface area contributed by atoms with Gasteiger partial charge in [0.25, 0.3) is 0 Å². The lowest BCUT2D eigenvalue weighted by atomic mass is 10.0. The van der Waals surface area contributed by atoms with E-state index in [1.54, 1.807) is 0 Å². The van der Waals surface area contributed by atoms with Gasteiger partial charge in [0.1, 0.15) is 11.1 Å². The summed E-state index contributed by atoms with van der Waals surface area (Å²) in [5, 5.41) is 8.87. The van der Waals surface area contributed by atoms with Crippen LogP contribution in [-0.2, 0) is 0 Å². The quantitative estimate of drug-likeness (QED) is 0.302. The average Bonchev–Trinajstić information content (AvgIpc) is 2.33. The highest BCUT2D eigenvalue weighted by molar-refractivity contribution is 7.80. The first kappa shape index (κ1) is 10.2. The summed E-state index contributed by atoms with van der Waals surface area (Å²) in [6, 6.07) is 2.11. The van der Waals surface area contributed by atoms with Gasteiger partial charge in [0.05, 0.1) is 5.57 Å². The Hall–Kier alpha value is -0.880. The topological polar surface area (TPSA) is 49.8 Å². The lowest BCUT2D eigenvalue weighted by Crippen LogP contribution is -2.12. The van der Waals surface area contributed by atoms with Crippen LogP contribution in [0.5, 0.6) is 0 Å². The van der Waals surface area contributed by atoms with Crippen LogP contribution in [0.3, 0.4) is 0 Å². The van der Waals surface area contributed by atoms with Gasteiger partial charge in [-0.1, -0.05) is 25.1 Å². The predicted molar refractivity (Wildman–Crippen MR) is 57.1 cm³/mol. The van der Waals surface area contributed by atoms with Gasteiger partial charge in [-0.25, -0.2) is 0 Å². The molecule has 0 heterocycles. The smallest absolute Gasteiger partial charge is 0.114 e. The molecular formula is C10H14N2S. The zero-order valence-corrected chi connectivity index (χ0v) is 8.49. The molecule has 0 atom stereocenters. The Bertz CT molecular complexity index is 263. The number of nitrogens with zero attached hydrogens (tertiary/aromatic N) is 1. The molecule has 3 heteroatoms. The molecule has 0 aromatic carbocycles. The van der Waals surface area contributed by atoms with Crippen LogP contribution >= 0.6 is 12.2 Å². The number of hydrogen-bond donors (Lipinski definition) is 1. The van der Waals surface area contributed by atoms with E-state index in [9.17, 15) is 0 Å². The number of nitrogens with two attached hydrogens (primary N) is 1. The molecule has 13 heavy (non-hydrogen) atoms. The van der Waals surface area contributed by atoms with Gasteiger partial charge in [-0.3, -0.25) is 0 Å². The van der Waals surface area contributed by atoms with E-state index < -0.39 is 0 Å². The fourth-order valence-corrected chi connectivity index (χ4v) is 1.90. The predicted octanol–water partition coefficient (Wildman–Crippen LogP) is 2.45. The molecule has 0 amide bonds. The molecule has 2 N–H and O–H groups in total. The Labute approximate surface area is 84.4 Å². The second kappa shape index (κ2) is 4.98. The first-order valence-electron chi connectivity index (χ1n) is 4.67. The Kier molecular flexibility index (Phi) is 3.91. The van der Waals surface area contributed by atoms with Crippen LogP contribution in [0.25, 0.3) is 0 Å². The van der Waals surface area contributed by atoms with Gasteiger partial charge in [0.2, 0.25) is 0 Å². The molecule has 0 unspecified atom stereocenters. The van der Waals surface area contributed by atoms with E-state index in [1.165, 1.54) is 31.3 Å². The molecule has 0 aromatic rings. The van der Waals surface area contributed by atoms with Crippen molar-refractivity contribution in [3.05, 3.63) is 11.1 Å². The Morgan fingerprint density at radius 1 is 1.23 bits per heavy atom. The van der Waals surface area contributed by atoms with Gasteiger partial charge in [-0.05, 0) is 31.3 Å². The Balaban J connectivity index is 2.85. The number of allylic oxidation sites excluding steroid dienone is 1. The normalized spacial score (nSPS) is 17.3. The Morgan fingerprint density at radius 3 is 2.15 bits per heavy atom. The summed E-state index contributed by atoms with van der Waals surface area (Å²) in [5.41, 5.74) is 7.22.